The molecule has 2 unspecified atom stereocenters. The number of halogens is 1. The van der Waals surface area contributed by atoms with Crippen molar-refractivity contribution in [1.29, 1.82) is 0 Å². The van der Waals surface area contributed by atoms with Crippen molar-refractivity contribution in [2.45, 2.75) is 13.3 Å². The minimum atomic E-state index is -0.868. The summed E-state index contributed by atoms with van der Waals surface area (Å²) < 4.78 is 1.61. The third-order valence-electron chi connectivity index (χ3n) is 4.25. The molecule has 2 amide bonds. The van der Waals surface area contributed by atoms with E-state index in [0.717, 1.165) is 0 Å². The van der Waals surface area contributed by atoms with Crippen LogP contribution in [-0.4, -0.2) is 44.9 Å². The number of anilines is 1. The van der Waals surface area contributed by atoms with E-state index in [0.29, 0.717) is 29.4 Å². The summed E-state index contributed by atoms with van der Waals surface area (Å²) in [5.41, 5.74) is 1.20. The molecule has 1 aromatic carbocycles. The highest BCUT2D eigenvalue weighted by molar-refractivity contribution is 6.30. The largest absolute Gasteiger partial charge is 0.481 e. The number of hydrogen-bond acceptors (Lipinski definition) is 3. The first-order valence-electron chi connectivity index (χ1n) is 8.02. The number of benzene rings is 1. The second-order valence-electron chi connectivity index (χ2n) is 6.32. The van der Waals surface area contributed by atoms with Crippen LogP contribution in [0.3, 0.4) is 0 Å². The molecule has 0 saturated carbocycles. The molecule has 8 heteroatoms. The number of carboxylic acid groups (broad SMARTS) is 1. The summed E-state index contributed by atoms with van der Waals surface area (Å²) in [6, 6.07) is 6.55. The van der Waals surface area contributed by atoms with Gasteiger partial charge in [-0.25, -0.2) is 9.48 Å². The van der Waals surface area contributed by atoms with Gasteiger partial charge in [-0.2, -0.15) is 5.10 Å². The van der Waals surface area contributed by atoms with Crippen LogP contribution in [0.15, 0.2) is 36.7 Å². The predicted molar refractivity (Wildman–Crippen MR) is 94.1 cm³/mol. The molecule has 1 aliphatic rings. The number of carbonyl (C=O) groups excluding carboxylic acids is 1. The highest BCUT2D eigenvalue weighted by atomic mass is 35.5. The van der Waals surface area contributed by atoms with Gasteiger partial charge in [0.15, 0.2) is 0 Å². The van der Waals surface area contributed by atoms with Crippen LogP contribution < -0.4 is 5.32 Å². The second-order valence-corrected chi connectivity index (χ2v) is 6.76. The van der Waals surface area contributed by atoms with Gasteiger partial charge >= 0.3 is 12.0 Å². The summed E-state index contributed by atoms with van der Waals surface area (Å²) >= 11 is 6.06. The zero-order valence-electron chi connectivity index (χ0n) is 13.7. The molecule has 2 atom stereocenters. The number of nitrogens with one attached hydrogen (secondary N) is 1. The molecule has 25 heavy (non-hydrogen) atoms. The smallest absolute Gasteiger partial charge is 0.321 e. The first kappa shape index (κ1) is 17.3. The first-order valence-corrected chi connectivity index (χ1v) is 8.40. The van der Waals surface area contributed by atoms with Crippen LogP contribution in [0.4, 0.5) is 10.5 Å². The monoisotopic (exact) mass is 362 g/mol. The normalized spacial score (nSPS) is 20.3. The summed E-state index contributed by atoms with van der Waals surface area (Å²) in [5.74, 6) is -1.27. The summed E-state index contributed by atoms with van der Waals surface area (Å²) in [7, 11) is 0. The fraction of sp³-hybridized carbons (Fsp3) is 0.353. The third-order valence-corrected chi connectivity index (χ3v) is 4.48. The number of urea groups is 1. The van der Waals surface area contributed by atoms with Crippen molar-refractivity contribution in [2.75, 3.05) is 18.4 Å². The standard InChI is InChI=1S/C17H19ClN4O3/c1-11-7-12(16(23)24)10-21(9-11)17(25)20-14-4-3-13(18)8-15(14)22-6-2-5-19-22/h2-6,8,11-12H,7,9-10H2,1H3,(H,20,25)(H,23,24). The SMILES string of the molecule is CC1CC(C(=O)O)CN(C(=O)Nc2ccc(Cl)cc2-n2cccn2)C1. The Labute approximate surface area is 150 Å². The fourth-order valence-electron chi connectivity index (χ4n) is 3.10. The Kier molecular flexibility index (Phi) is 4.94. The van der Waals surface area contributed by atoms with Crippen LogP contribution in [0, 0.1) is 11.8 Å². The molecule has 2 aromatic rings. The van der Waals surface area contributed by atoms with Crippen molar-refractivity contribution in [3.8, 4) is 5.69 Å². The highest BCUT2D eigenvalue weighted by Gasteiger charge is 2.32. The molecule has 2 N–H and O–H groups in total. The molecule has 1 saturated heterocycles. The summed E-state index contributed by atoms with van der Waals surface area (Å²) in [6.07, 6.45) is 3.97. The summed E-state index contributed by atoms with van der Waals surface area (Å²) in [4.78, 5) is 25.5. The number of hydrogen-bond donors (Lipinski definition) is 2. The lowest BCUT2D eigenvalue weighted by molar-refractivity contribution is -0.143. The number of carboxylic acids is 1. The molecule has 1 fully saturated rings. The average molecular weight is 363 g/mol. The molecule has 7 nitrogen and oxygen atoms in total. The van der Waals surface area contributed by atoms with Crippen molar-refractivity contribution >= 4 is 29.3 Å². The van der Waals surface area contributed by atoms with Crippen LogP contribution >= 0.6 is 11.6 Å². The number of likely N-dealkylation sites (tertiary alicyclic amines) is 1. The summed E-state index contributed by atoms with van der Waals surface area (Å²) in [6.45, 7) is 2.68. The van der Waals surface area contributed by atoms with Gasteiger partial charge in [0.25, 0.3) is 0 Å². The lowest BCUT2D eigenvalue weighted by Crippen LogP contribution is -2.47. The maximum atomic E-state index is 12.6. The van der Waals surface area contributed by atoms with Gasteiger partial charge in [-0.15, -0.1) is 0 Å². The van der Waals surface area contributed by atoms with Crippen LogP contribution in [0.25, 0.3) is 5.69 Å². The highest BCUT2D eigenvalue weighted by Crippen LogP contribution is 2.26. The second kappa shape index (κ2) is 7.14. The third kappa shape index (κ3) is 3.93. The number of aromatic nitrogens is 2. The van der Waals surface area contributed by atoms with Crippen LogP contribution in [0.2, 0.25) is 5.02 Å². The van der Waals surface area contributed by atoms with Crippen molar-refractivity contribution in [3.63, 3.8) is 0 Å². The molecule has 0 bridgehead atoms. The zero-order valence-corrected chi connectivity index (χ0v) is 14.5. The van der Waals surface area contributed by atoms with Crippen LogP contribution in [0.5, 0.6) is 0 Å². The van der Waals surface area contributed by atoms with Gasteiger partial charge in [0.05, 0.1) is 17.3 Å². The van der Waals surface area contributed by atoms with Gasteiger partial charge in [0.1, 0.15) is 0 Å². The molecular formula is C17H19ClN4O3. The lowest BCUT2D eigenvalue weighted by Gasteiger charge is -2.34. The topological polar surface area (TPSA) is 87.5 Å². The quantitative estimate of drug-likeness (QED) is 0.878. The summed E-state index contributed by atoms with van der Waals surface area (Å²) in [5, 5.41) is 16.8. The fourth-order valence-corrected chi connectivity index (χ4v) is 3.27. The predicted octanol–water partition coefficient (Wildman–Crippen LogP) is 3.10. The molecule has 132 valence electrons. The van der Waals surface area contributed by atoms with Gasteiger partial charge in [-0.1, -0.05) is 18.5 Å². The number of nitrogens with zero attached hydrogens (tertiary/aromatic N) is 3. The average Bonchev–Trinajstić information content (AvgIpc) is 3.10. The van der Waals surface area contributed by atoms with Crippen molar-refractivity contribution in [3.05, 3.63) is 41.7 Å². The molecule has 2 heterocycles. The number of amides is 2. The Bertz CT molecular complexity index is 778. The van der Waals surface area contributed by atoms with Crippen molar-refractivity contribution in [1.82, 2.24) is 14.7 Å². The van der Waals surface area contributed by atoms with Crippen molar-refractivity contribution in [2.24, 2.45) is 11.8 Å². The number of rotatable bonds is 3. The minimum absolute atomic E-state index is 0.136. The van der Waals surface area contributed by atoms with E-state index in [9.17, 15) is 14.7 Å². The Morgan fingerprint density at radius 2 is 2.16 bits per heavy atom. The zero-order chi connectivity index (χ0) is 18.0. The molecule has 0 spiro atoms. The number of piperidine rings is 1. The molecule has 1 aliphatic heterocycles. The van der Waals surface area contributed by atoms with E-state index in [4.69, 9.17) is 11.6 Å². The Balaban J connectivity index is 1.80. The van der Waals surface area contributed by atoms with Gasteiger partial charge in [-0.3, -0.25) is 4.79 Å². The first-order chi connectivity index (χ1) is 11.9. The lowest BCUT2D eigenvalue weighted by atomic mass is 9.91. The Morgan fingerprint density at radius 3 is 2.84 bits per heavy atom. The van der Waals surface area contributed by atoms with Gasteiger partial charge in [0.2, 0.25) is 0 Å². The minimum Gasteiger partial charge on any atom is -0.481 e. The maximum Gasteiger partial charge on any atom is 0.321 e. The Morgan fingerprint density at radius 1 is 1.36 bits per heavy atom. The van der Waals surface area contributed by atoms with E-state index in [1.54, 1.807) is 46.2 Å². The van der Waals surface area contributed by atoms with E-state index in [-0.39, 0.29) is 18.5 Å². The number of aliphatic carboxylic acids is 1. The van der Waals surface area contributed by atoms with Gasteiger partial charge in [0, 0.05) is 30.5 Å². The molecule has 1 aromatic heterocycles. The van der Waals surface area contributed by atoms with Gasteiger partial charge in [-0.05, 0) is 36.6 Å². The van der Waals surface area contributed by atoms with E-state index in [2.05, 4.69) is 10.4 Å². The van der Waals surface area contributed by atoms with Crippen LogP contribution in [0.1, 0.15) is 13.3 Å². The molecule has 0 aliphatic carbocycles. The molecular weight excluding hydrogens is 344 g/mol. The molecule has 0 radical (unpaired) electrons. The van der Waals surface area contributed by atoms with E-state index in [1.807, 2.05) is 6.92 Å². The van der Waals surface area contributed by atoms with Crippen LogP contribution in [-0.2, 0) is 4.79 Å². The van der Waals surface area contributed by atoms with E-state index >= 15 is 0 Å². The Hall–Kier alpha value is -2.54. The van der Waals surface area contributed by atoms with E-state index in [1.165, 1.54) is 0 Å². The van der Waals surface area contributed by atoms with E-state index < -0.39 is 11.9 Å². The molecule has 3 rings (SSSR count). The maximum absolute atomic E-state index is 12.6. The number of carbonyl (C=O) groups is 2. The van der Waals surface area contributed by atoms with Gasteiger partial charge < -0.3 is 15.3 Å². The van der Waals surface area contributed by atoms with Crippen molar-refractivity contribution < 1.29 is 14.7 Å².